The molecule has 24 heavy (non-hydrogen) atoms. The summed E-state index contributed by atoms with van der Waals surface area (Å²) in [5, 5.41) is 2.93. The number of rotatable bonds is 4. The minimum atomic E-state index is -3.04. The molecule has 1 N–H and O–H groups in total. The Bertz CT molecular complexity index is 914. The molecule has 1 saturated heterocycles. The van der Waals surface area contributed by atoms with Crippen molar-refractivity contribution in [2.75, 3.05) is 11.5 Å². The first kappa shape index (κ1) is 15.6. The van der Waals surface area contributed by atoms with E-state index in [-0.39, 0.29) is 24.0 Å². The number of aromatic nitrogens is 2. The maximum Gasteiger partial charge on any atom is 0.240 e. The average molecular weight is 347 g/mol. The number of fused-ring (bicyclic) bond motifs is 1. The van der Waals surface area contributed by atoms with Crippen molar-refractivity contribution in [2.24, 2.45) is 0 Å². The van der Waals surface area contributed by atoms with E-state index < -0.39 is 15.4 Å². The van der Waals surface area contributed by atoms with E-state index in [4.69, 9.17) is 0 Å². The van der Waals surface area contributed by atoms with Crippen molar-refractivity contribution in [1.29, 1.82) is 0 Å². The van der Waals surface area contributed by atoms with E-state index in [2.05, 4.69) is 10.3 Å². The Morgan fingerprint density at radius 3 is 2.79 bits per heavy atom. The van der Waals surface area contributed by atoms with Gasteiger partial charge in [0.25, 0.3) is 0 Å². The molecule has 1 unspecified atom stereocenters. The second-order valence-electron chi connectivity index (χ2n) is 7.27. The molecule has 1 aromatic heterocycles. The van der Waals surface area contributed by atoms with E-state index in [0.29, 0.717) is 12.3 Å². The number of hydrogen-bond acceptors (Lipinski definition) is 4. The van der Waals surface area contributed by atoms with Crippen LogP contribution in [0, 0.1) is 0 Å². The van der Waals surface area contributed by atoms with Gasteiger partial charge in [0.1, 0.15) is 12.4 Å². The number of sulfone groups is 1. The maximum atomic E-state index is 12.6. The van der Waals surface area contributed by atoms with E-state index in [1.807, 2.05) is 35.8 Å². The van der Waals surface area contributed by atoms with Crippen LogP contribution in [-0.4, -0.2) is 40.9 Å². The lowest BCUT2D eigenvalue weighted by atomic mass is 10.0. The molecule has 128 valence electrons. The molecule has 2 heterocycles. The van der Waals surface area contributed by atoms with Crippen molar-refractivity contribution in [3.05, 3.63) is 30.1 Å². The number of carbonyl (C=O) groups is 1. The molecule has 1 amide bonds. The average Bonchev–Trinajstić information content (AvgIpc) is 3.23. The van der Waals surface area contributed by atoms with Gasteiger partial charge in [-0.15, -0.1) is 0 Å². The summed E-state index contributed by atoms with van der Waals surface area (Å²) in [6.45, 7) is 1.99. The van der Waals surface area contributed by atoms with Gasteiger partial charge in [-0.2, -0.15) is 0 Å². The Hall–Kier alpha value is -1.89. The van der Waals surface area contributed by atoms with Gasteiger partial charge in [0, 0.05) is 5.92 Å². The third kappa shape index (κ3) is 2.92. The zero-order valence-corrected chi connectivity index (χ0v) is 14.5. The SMILES string of the molecule is CC1(NC(=O)Cn2c(C3CC3)nc3ccccc32)CCS(=O)(=O)C1. The predicted octanol–water partition coefficient (Wildman–Crippen LogP) is 1.61. The molecule has 1 aromatic carbocycles. The molecule has 0 spiro atoms. The molecular formula is C17H21N3O3S. The summed E-state index contributed by atoms with van der Waals surface area (Å²) in [7, 11) is -3.04. The number of carbonyl (C=O) groups excluding carboxylic acids is 1. The monoisotopic (exact) mass is 347 g/mol. The van der Waals surface area contributed by atoms with Crippen LogP contribution in [-0.2, 0) is 21.2 Å². The summed E-state index contributed by atoms with van der Waals surface area (Å²) in [5.41, 5.74) is 1.20. The van der Waals surface area contributed by atoms with E-state index in [1.54, 1.807) is 0 Å². The van der Waals surface area contributed by atoms with Crippen molar-refractivity contribution >= 4 is 26.8 Å². The Morgan fingerprint density at radius 2 is 2.12 bits per heavy atom. The van der Waals surface area contributed by atoms with Gasteiger partial charge >= 0.3 is 0 Å². The molecule has 1 aliphatic carbocycles. The minimum absolute atomic E-state index is 0.0197. The highest BCUT2D eigenvalue weighted by atomic mass is 32.2. The first-order valence-corrected chi connectivity index (χ1v) is 10.1. The number of hydrogen-bond donors (Lipinski definition) is 1. The van der Waals surface area contributed by atoms with E-state index in [0.717, 1.165) is 29.7 Å². The zero-order valence-electron chi connectivity index (χ0n) is 13.7. The predicted molar refractivity (Wildman–Crippen MR) is 91.5 cm³/mol. The molecule has 2 aromatic rings. The number of amides is 1. The molecule has 1 atom stereocenters. The second kappa shape index (κ2) is 5.31. The molecule has 7 heteroatoms. The van der Waals surface area contributed by atoms with E-state index >= 15 is 0 Å². The van der Waals surface area contributed by atoms with E-state index in [9.17, 15) is 13.2 Å². The smallest absolute Gasteiger partial charge is 0.240 e. The highest BCUT2D eigenvalue weighted by Crippen LogP contribution is 2.40. The Kier molecular flexibility index (Phi) is 3.46. The topological polar surface area (TPSA) is 81.1 Å². The van der Waals surface area contributed by atoms with Crippen LogP contribution in [0.3, 0.4) is 0 Å². The number of nitrogens with one attached hydrogen (secondary N) is 1. The number of imidazole rings is 1. The second-order valence-corrected chi connectivity index (χ2v) is 9.45. The molecule has 0 radical (unpaired) electrons. The Labute approximate surface area is 141 Å². The van der Waals surface area contributed by atoms with Crippen LogP contribution in [0.2, 0.25) is 0 Å². The summed E-state index contributed by atoms with van der Waals surface area (Å²) in [6.07, 6.45) is 2.70. The van der Waals surface area contributed by atoms with Gasteiger partial charge in [0.2, 0.25) is 5.91 Å². The van der Waals surface area contributed by atoms with Crippen molar-refractivity contribution in [3.63, 3.8) is 0 Å². The minimum Gasteiger partial charge on any atom is -0.348 e. The van der Waals surface area contributed by atoms with Gasteiger partial charge < -0.3 is 9.88 Å². The molecule has 1 saturated carbocycles. The van der Waals surface area contributed by atoms with Crippen molar-refractivity contribution in [2.45, 2.75) is 44.2 Å². The molecular weight excluding hydrogens is 326 g/mol. The summed E-state index contributed by atoms with van der Waals surface area (Å²) < 4.78 is 25.4. The molecule has 0 bridgehead atoms. The Balaban J connectivity index is 1.58. The zero-order chi connectivity index (χ0) is 16.9. The fourth-order valence-electron chi connectivity index (χ4n) is 3.54. The third-order valence-corrected chi connectivity index (χ3v) is 6.78. The van der Waals surface area contributed by atoms with Crippen molar-refractivity contribution in [3.8, 4) is 0 Å². The van der Waals surface area contributed by atoms with Gasteiger partial charge in [0.05, 0.1) is 28.1 Å². The summed E-state index contributed by atoms with van der Waals surface area (Å²) in [5.74, 6) is 1.42. The van der Waals surface area contributed by atoms with Crippen molar-refractivity contribution in [1.82, 2.24) is 14.9 Å². The molecule has 4 rings (SSSR count). The summed E-state index contributed by atoms with van der Waals surface area (Å²) in [4.78, 5) is 17.3. The normalized spacial score (nSPS) is 25.9. The quantitative estimate of drug-likeness (QED) is 0.911. The number of para-hydroxylation sites is 2. The number of benzene rings is 1. The van der Waals surface area contributed by atoms with Crippen LogP contribution in [0.1, 0.15) is 37.9 Å². The standard InChI is InChI=1S/C17H21N3O3S/c1-17(8-9-24(22,23)11-17)19-15(21)10-20-14-5-3-2-4-13(14)18-16(20)12-6-7-12/h2-5,12H,6-11H2,1H3,(H,19,21). The first-order chi connectivity index (χ1) is 11.4. The third-order valence-electron chi connectivity index (χ3n) is 4.87. The van der Waals surface area contributed by atoms with Gasteiger partial charge in [-0.1, -0.05) is 12.1 Å². The van der Waals surface area contributed by atoms with Crippen LogP contribution in [0.5, 0.6) is 0 Å². The highest BCUT2D eigenvalue weighted by Gasteiger charge is 2.39. The summed E-state index contributed by atoms with van der Waals surface area (Å²) in [6, 6.07) is 7.82. The lowest BCUT2D eigenvalue weighted by Crippen LogP contribution is -2.48. The number of nitrogens with zero attached hydrogens (tertiary/aromatic N) is 2. The van der Waals surface area contributed by atoms with Gasteiger partial charge in [-0.05, 0) is 38.3 Å². The van der Waals surface area contributed by atoms with Crippen LogP contribution >= 0.6 is 0 Å². The first-order valence-electron chi connectivity index (χ1n) is 8.32. The van der Waals surface area contributed by atoms with Gasteiger partial charge in [0.15, 0.2) is 9.84 Å². The highest BCUT2D eigenvalue weighted by molar-refractivity contribution is 7.91. The van der Waals surface area contributed by atoms with Crippen LogP contribution in [0.25, 0.3) is 11.0 Å². The lowest BCUT2D eigenvalue weighted by molar-refractivity contribution is -0.123. The van der Waals surface area contributed by atoms with Crippen LogP contribution in [0.4, 0.5) is 0 Å². The summed E-state index contributed by atoms with van der Waals surface area (Å²) >= 11 is 0. The fraction of sp³-hybridized carbons (Fsp3) is 0.529. The van der Waals surface area contributed by atoms with Gasteiger partial charge in [-0.25, -0.2) is 13.4 Å². The largest absolute Gasteiger partial charge is 0.348 e. The Morgan fingerprint density at radius 1 is 1.38 bits per heavy atom. The lowest BCUT2D eigenvalue weighted by Gasteiger charge is -2.24. The van der Waals surface area contributed by atoms with Gasteiger partial charge in [-0.3, -0.25) is 4.79 Å². The molecule has 1 aliphatic heterocycles. The fourth-order valence-corrected chi connectivity index (χ4v) is 5.64. The molecule has 2 fully saturated rings. The van der Waals surface area contributed by atoms with Crippen LogP contribution < -0.4 is 5.32 Å². The molecule has 6 nitrogen and oxygen atoms in total. The molecule has 2 aliphatic rings. The van der Waals surface area contributed by atoms with E-state index in [1.165, 1.54) is 0 Å². The maximum absolute atomic E-state index is 12.6. The van der Waals surface area contributed by atoms with Crippen molar-refractivity contribution < 1.29 is 13.2 Å². The van der Waals surface area contributed by atoms with Crippen LogP contribution in [0.15, 0.2) is 24.3 Å².